The van der Waals surface area contributed by atoms with Gasteiger partial charge >= 0.3 is 0 Å². The zero-order valence-electron chi connectivity index (χ0n) is 14.5. The number of halogens is 1. The van der Waals surface area contributed by atoms with E-state index in [1.807, 2.05) is 48.5 Å². The summed E-state index contributed by atoms with van der Waals surface area (Å²) in [6.45, 7) is 0.276. The number of carbonyl (C=O) groups excluding carboxylic acids is 1. The summed E-state index contributed by atoms with van der Waals surface area (Å²) in [6.07, 6.45) is 0.0271. The second kappa shape index (κ2) is 7.50. The number of hydrogen-bond donors (Lipinski definition) is 1. The van der Waals surface area contributed by atoms with E-state index in [-0.39, 0.29) is 18.3 Å². The van der Waals surface area contributed by atoms with Crippen molar-refractivity contribution >= 4 is 11.6 Å². The average Bonchev–Trinajstić information content (AvgIpc) is 3.11. The molecule has 1 N–H and O–H groups in total. The maximum atomic E-state index is 13.2. The van der Waals surface area contributed by atoms with Gasteiger partial charge in [-0.2, -0.15) is 0 Å². The number of fused-ring (bicyclic) bond motifs is 1. The number of ether oxygens (including phenoxy) is 2. The van der Waals surface area contributed by atoms with Crippen LogP contribution in [0.25, 0.3) is 0 Å². The van der Waals surface area contributed by atoms with Gasteiger partial charge < -0.3 is 14.8 Å². The van der Waals surface area contributed by atoms with Crippen molar-refractivity contribution in [3.05, 3.63) is 89.7 Å². The molecule has 1 amide bonds. The third-order valence-corrected chi connectivity index (χ3v) is 4.34. The van der Waals surface area contributed by atoms with E-state index in [0.29, 0.717) is 17.9 Å². The van der Waals surface area contributed by atoms with E-state index in [2.05, 4.69) is 5.32 Å². The summed E-state index contributed by atoms with van der Waals surface area (Å²) >= 11 is 0. The number of carbonyl (C=O) groups is 1. The smallest absolute Gasteiger partial charge is 0.265 e. The Bertz CT molecular complexity index is 948. The highest BCUT2D eigenvalue weighted by molar-refractivity contribution is 5.95. The molecule has 0 radical (unpaired) electrons. The molecule has 1 aliphatic heterocycles. The zero-order chi connectivity index (χ0) is 18.6. The standard InChI is InChI=1S/C22H18FNO3/c23-17-7-4-9-19(13-17)26-14-15-5-3-8-18(11-15)24-22(25)21-12-16-6-1-2-10-20(16)27-21/h1-11,13,21H,12,14H2,(H,24,25). The van der Waals surface area contributed by atoms with Gasteiger partial charge in [-0.05, 0) is 41.5 Å². The Morgan fingerprint density at radius 1 is 1.07 bits per heavy atom. The van der Waals surface area contributed by atoms with Crippen LogP contribution in [-0.2, 0) is 17.8 Å². The van der Waals surface area contributed by atoms with Crippen molar-refractivity contribution in [2.45, 2.75) is 19.1 Å². The summed E-state index contributed by atoms with van der Waals surface area (Å²) in [7, 11) is 0. The third-order valence-electron chi connectivity index (χ3n) is 4.34. The van der Waals surface area contributed by atoms with Crippen LogP contribution in [0.2, 0.25) is 0 Å². The van der Waals surface area contributed by atoms with Crippen LogP contribution in [0.4, 0.5) is 10.1 Å². The summed E-state index contributed by atoms with van der Waals surface area (Å²) in [5, 5.41) is 2.89. The number of nitrogens with one attached hydrogen (secondary N) is 1. The van der Waals surface area contributed by atoms with Crippen molar-refractivity contribution in [1.29, 1.82) is 0 Å². The van der Waals surface area contributed by atoms with E-state index >= 15 is 0 Å². The molecule has 1 unspecified atom stereocenters. The molecular formula is C22H18FNO3. The fourth-order valence-corrected chi connectivity index (χ4v) is 3.01. The molecule has 1 aliphatic rings. The van der Waals surface area contributed by atoms with Crippen molar-refractivity contribution in [1.82, 2.24) is 0 Å². The first-order valence-electron chi connectivity index (χ1n) is 8.70. The summed E-state index contributed by atoms with van der Waals surface area (Å²) in [6, 6.07) is 21.0. The molecule has 4 rings (SSSR count). The van der Waals surface area contributed by atoms with Gasteiger partial charge in [0.1, 0.15) is 23.9 Å². The van der Waals surface area contributed by atoms with Crippen molar-refractivity contribution in [3.63, 3.8) is 0 Å². The minimum absolute atomic E-state index is 0.186. The minimum atomic E-state index is -0.533. The van der Waals surface area contributed by atoms with Crippen LogP contribution >= 0.6 is 0 Å². The molecule has 3 aromatic rings. The van der Waals surface area contributed by atoms with Crippen LogP contribution in [0.15, 0.2) is 72.8 Å². The molecule has 136 valence electrons. The molecule has 0 saturated heterocycles. The van der Waals surface area contributed by atoms with Crippen LogP contribution in [0.5, 0.6) is 11.5 Å². The Morgan fingerprint density at radius 2 is 1.93 bits per heavy atom. The molecule has 0 spiro atoms. The van der Waals surface area contributed by atoms with Crippen LogP contribution in [0.1, 0.15) is 11.1 Å². The van der Waals surface area contributed by atoms with E-state index < -0.39 is 6.10 Å². The monoisotopic (exact) mass is 363 g/mol. The molecular weight excluding hydrogens is 345 g/mol. The van der Waals surface area contributed by atoms with E-state index in [0.717, 1.165) is 16.9 Å². The second-order valence-corrected chi connectivity index (χ2v) is 6.35. The van der Waals surface area contributed by atoms with E-state index in [1.165, 1.54) is 12.1 Å². The van der Waals surface area contributed by atoms with E-state index in [4.69, 9.17) is 9.47 Å². The van der Waals surface area contributed by atoms with Crippen molar-refractivity contribution in [2.75, 3.05) is 5.32 Å². The SMILES string of the molecule is O=C(Nc1cccc(COc2cccc(F)c2)c1)C1Cc2ccccc2O1. The van der Waals surface area contributed by atoms with Gasteiger partial charge in [-0.25, -0.2) is 4.39 Å². The van der Waals surface area contributed by atoms with Crippen molar-refractivity contribution in [2.24, 2.45) is 0 Å². The lowest BCUT2D eigenvalue weighted by atomic mass is 10.1. The van der Waals surface area contributed by atoms with Gasteiger partial charge in [0, 0.05) is 18.2 Å². The molecule has 3 aromatic carbocycles. The quantitative estimate of drug-likeness (QED) is 0.733. The van der Waals surface area contributed by atoms with Crippen LogP contribution < -0.4 is 14.8 Å². The molecule has 0 aromatic heterocycles. The predicted molar refractivity (Wildman–Crippen MR) is 100 cm³/mol. The zero-order valence-corrected chi connectivity index (χ0v) is 14.5. The molecule has 1 atom stereocenters. The van der Waals surface area contributed by atoms with Gasteiger partial charge in [-0.3, -0.25) is 4.79 Å². The molecule has 27 heavy (non-hydrogen) atoms. The predicted octanol–water partition coefficient (Wildman–Crippen LogP) is 4.35. The normalized spacial score (nSPS) is 14.9. The first-order valence-corrected chi connectivity index (χ1v) is 8.70. The Morgan fingerprint density at radius 3 is 2.78 bits per heavy atom. The van der Waals surface area contributed by atoms with Crippen molar-refractivity contribution < 1.29 is 18.7 Å². The summed E-state index contributed by atoms with van der Waals surface area (Å²) in [5.41, 5.74) is 2.57. The lowest BCUT2D eigenvalue weighted by Gasteiger charge is -2.12. The highest BCUT2D eigenvalue weighted by atomic mass is 19.1. The highest BCUT2D eigenvalue weighted by Crippen LogP contribution is 2.28. The van der Waals surface area contributed by atoms with Gasteiger partial charge in [-0.15, -0.1) is 0 Å². The third kappa shape index (κ3) is 4.08. The maximum absolute atomic E-state index is 13.2. The largest absolute Gasteiger partial charge is 0.489 e. The lowest BCUT2D eigenvalue weighted by Crippen LogP contribution is -2.31. The minimum Gasteiger partial charge on any atom is -0.489 e. The number of hydrogen-bond acceptors (Lipinski definition) is 3. The first-order chi connectivity index (χ1) is 13.2. The topological polar surface area (TPSA) is 47.6 Å². The average molecular weight is 363 g/mol. The Hall–Kier alpha value is -3.34. The lowest BCUT2D eigenvalue weighted by molar-refractivity contribution is -0.122. The number of anilines is 1. The van der Waals surface area contributed by atoms with E-state index in [9.17, 15) is 9.18 Å². The Balaban J connectivity index is 1.37. The van der Waals surface area contributed by atoms with Crippen LogP contribution in [0, 0.1) is 5.82 Å². The Kier molecular flexibility index (Phi) is 4.75. The fourth-order valence-electron chi connectivity index (χ4n) is 3.01. The molecule has 4 nitrogen and oxygen atoms in total. The van der Waals surface area contributed by atoms with Gasteiger partial charge in [0.05, 0.1) is 0 Å². The van der Waals surface area contributed by atoms with Crippen LogP contribution in [0.3, 0.4) is 0 Å². The van der Waals surface area contributed by atoms with Crippen LogP contribution in [-0.4, -0.2) is 12.0 Å². The Labute approximate surface area is 156 Å². The van der Waals surface area contributed by atoms with Gasteiger partial charge in [-0.1, -0.05) is 36.4 Å². The highest BCUT2D eigenvalue weighted by Gasteiger charge is 2.28. The number of rotatable bonds is 5. The molecule has 1 heterocycles. The summed E-state index contributed by atoms with van der Waals surface area (Å²) in [4.78, 5) is 12.5. The molecule has 0 aliphatic carbocycles. The molecule has 5 heteroatoms. The maximum Gasteiger partial charge on any atom is 0.265 e. The van der Waals surface area contributed by atoms with E-state index in [1.54, 1.807) is 12.1 Å². The number of benzene rings is 3. The molecule has 0 saturated carbocycles. The van der Waals surface area contributed by atoms with Crippen molar-refractivity contribution in [3.8, 4) is 11.5 Å². The molecule has 0 fully saturated rings. The van der Waals surface area contributed by atoms with Gasteiger partial charge in [0.2, 0.25) is 0 Å². The molecule has 0 bridgehead atoms. The first kappa shape index (κ1) is 17.1. The van der Waals surface area contributed by atoms with Gasteiger partial charge in [0.25, 0.3) is 5.91 Å². The summed E-state index contributed by atoms with van der Waals surface area (Å²) < 4.78 is 24.5. The summed E-state index contributed by atoms with van der Waals surface area (Å²) in [5.74, 6) is 0.692. The number of amides is 1. The second-order valence-electron chi connectivity index (χ2n) is 6.35. The number of para-hydroxylation sites is 1. The fraction of sp³-hybridized carbons (Fsp3) is 0.136. The van der Waals surface area contributed by atoms with Gasteiger partial charge in [0.15, 0.2) is 6.10 Å².